The van der Waals surface area contributed by atoms with Crippen molar-refractivity contribution in [1.82, 2.24) is 0 Å². The first-order chi connectivity index (χ1) is 5.45. The van der Waals surface area contributed by atoms with E-state index in [9.17, 15) is 0 Å². The van der Waals surface area contributed by atoms with Crippen LogP contribution in [0.3, 0.4) is 0 Å². The molecule has 2 aliphatic rings. The van der Waals surface area contributed by atoms with Crippen molar-refractivity contribution in [1.29, 1.82) is 0 Å². The van der Waals surface area contributed by atoms with Crippen LogP contribution >= 0.6 is 11.8 Å². The lowest BCUT2D eigenvalue weighted by Crippen LogP contribution is -1.96. The van der Waals surface area contributed by atoms with Gasteiger partial charge in [-0.05, 0) is 43.8 Å². The molecule has 1 heteroatoms. The Morgan fingerprint density at radius 1 is 1.36 bits per heavy atom. The van der Waals surface area contributed by atoms with E-state index in [4.69, 9.17) is 0 Å². The number of hydrogen-bond acceptors (Lipinski definition) is 1. The first-order valence-corrected chi connectivity index (χ1v) is 5.86. The quantitative estimate of drug-likeness (QED) is 0.459. The van der Waals surface area contributed by atoms with E-state index in [-0.39, 0.29) is 0 Å². The maximum Gasteiger partial charge on any atom is 0.0116 e. The lowest BCUT2D eigenvalue weighted by molar-refractivity contribution is 0.661. The highest BCUT2D eigenvalue weighted by molar-refractivity contribution is 7.99. The van der Waals surface area contributed by atoms with Gasteiger partial charge in [-0.25, -0.2) is 0 Å². The van der Waals surface area contributed by atoms with Crippen LogP contribution in [0.15, 0.2) is 11.6 Å². The molecule has 2 saturated carbocycles. The summed E-state index contributed by atoms with van der Waals surface area (Å²) < 4.78 is 0. The first-order valence-electron chi connectivity index (χ1n) is 4.71. The van der Waals surface area contributed by atoms with Crippen LogP contribution in [0, 0.1) is 5.92 Å². The SMILES string of the molecule is C(CSCC1CC1)=C1CCC1. The zero-order valence-corrected chi connectivity index (χ0v) is 7.83. The van der Waals surface area contributed by atoms with Gasteiger partial charge in [0.15, 0.2) is 0 Å². The molecule has 0 bridgehead atoms. The van der Waals surface area contributed by atoms with E-state index in [1.54, 1.807) is 5.57 Å². The number of hydrogen-bond donors (Lipinski definition) is 0. The van der Waals surface area contributed by atoms with Gasteiger partial charge in [-0.1, -0.05) is 11.6 Å². The summed E-state index contributed by atoms with van der Waals surface area (Å²) in [6.45, 7) is 0. The molecule has 0 unspecified atom stereocenters. The second-order valence-corrected chi connectivity index (χ2v) is 4.77. The largest absolute Gasteiger partial charge is 0.158 e. The maximum absolute atomic E-state index is 2.45. The molecular weight excluding hydrogens is 152 g/mol. The van der Waals surface area contributed by atoms with Crippen molar-refractivity contribution in [2.24, 2.45) is 5.92 Å². The van der Waals surface area contributed by atoms with Gasteiger partial charge in [0.2, 0.25) is 0 Å². The Morgan fingerprint density at radius 3 is 2.73 bits per heavy atom. The molecule has 0 aromatic heterocycles. The minimum Gasteiger partial charge on any atom is -0.158 e. The van der Waals surface area contributed by atoms with Gasteiger partial charge < -0.3 is 0 Å². The zero-order chi connectivity index (χ0) is 7.52. The molecule has 0 amide bonds. The van der Waals surface area contributed by atoms with Crippen molar-refractivity contribution < 1.29 is 0 Å². The Hall–Kier alpha value is 0.0900. The lowest BCUT2D eigenvalue weighted by Gasteiger charge is -2.15. The highest BCUT2D eigenvalue weighted by atomic mass is 32.2. The van der Waals surface area contributed by atoms with Crippen LogP contribution in [-0.4, -0.2) is 11.5 Å². The third-order valence-electron chi connectivity index (χ3n) is 2.54. The molecule has 2 aliphatic carbocycles. The minimum absolute atomic E-state index is 1.10. The molecule has 0 radical (unpaired) electrons. The molecule has 0 N–H and O–H groups in total. The summed E-state index contributed by atoms with van der Waals surface area (Å²) in [6, 6.07) is 0. The maximum atomic E-state index is 2.45. The average molecular weight is 168 g/mol. The molecular formula is C10H16S. The molecule has 0 nitrogen and oxygen atoms in total. The first kappa shape index (κ1) is 7.72. The van der Waals surface area contributed by atoms with Gasteiger partial charge in [-0.15, -0.1) is 0 Å². The highest BCUT2D eigenvalue weighted by Gasteiger charge is 2.20. The standard InChI is InChI=1S/C10H16S/c1-2-9(3-1)6-7-11-8-10-4-5-10/h6,10H,1-5,7-8H2. The van der Waals surface area contributed by atoms with Crippen molar-refractivity contribution in [2.75, 3.05) is 11.5 Å². The van der Waals surface area contributed by atoms with Crippen molar-refractivity contribution in [3.63, 3.8) is 0 Å². The van der Waals surface area contributed by atoms with Crippen molar-refractivity contribution in [3.05, 3.63) is 11.6 Å². The Kier molecular flexibility index (Phi) is 2.57. The normalized spacial score (nSPS) is 23.1. The second kappa shape index (κ2) is 3.66. The van der Waals surface area contributed by atoms with Crippen LogP contribution in [0.4, 0.5) is 0 Å². The Morgan fingerprint density at radius 2 is 2.18 bits per heavy atom. The minimum atomic E-state index is 1.10. The average Bonchev–Trinajstić information content (AvgIpc) is 2.66. The zero-order valence-electron chi connectivity index (χ0n) is 7.01. The summed E-state index contributed by atoms with van der Waals surface area (Å²) in [5.41, 5.74) is 1.72. The summed E-state index contributed by atoms with van der Waals surface area (Å²) in [7, 11) is 0. The number of allylic oxidation sites excluding steroid dienone is 1. The van der Waals surface area contributed by atoms with Crippen LogP contribution < -0.4 is 0 Å². The van der Waals surface area contributed by atoms with E-state index < -0.39 is 0 Å². The summed E-state index contributed by atoms with van der Waals surface area (Å²) >= 11 is 2.13. The molecule has 0 aliphatic heterocycles. The number of thioether (sulfide) groups is 1. The molecule has 2 rings (SSSR count). The van der Waals surface area contributed by atoms with Crippen LogP contribution in [0.25, 0.3) is 0 Å². The van der Waals surface area contributed by atoms with E-state index in [1.807, 2.05) is 0 Å². The van der Waals surface area contributed by atoms with Gasteiger partial charge in [0.05, 0.1) is 0 Å². The summed E-state index contributed by atoms with van der Waals surface area (Å²) in [4.78, 5) is 0. The van der Waals surface area contributed by atoms with E-state index in [0.717, 1.165) is 5.92 Å². The molecule has 62 valence electrons. The fourth-order valence-electron chi connectivity index (χ4n) is 1.28. The monoisotopic (exact) mass is 168 g/mol. The van der Waals surface area contributed by atoms with Crippen molar-refractivity contribution in [2.45, 2.75) is 32.1 Å². The van der Waals surface area contributed by atoms with Gasteiger partial charge in [0, 0.05) is 5.75 Å². The Balaban J connectivity index is 1.51. The predicted octanol–water partition coefficient (Wildman–Crippen LogP) is 3.24. The Labute approximate surface area is 73.4 Å². The van der Waals surface area contributed by atoms with Crippen LogP contribution in [0.2, 0.25) is 0 Å². The third kappa shape index (κ3) is 2.55. The predicted molar refractivity (Wildman–Crippen MR) is 52.0 cm³/mol. The van der Waals surface area contributed by atoms with Crippen LogP contribution in [-0.2, 0) is 0 Å². The van der Waals surface area contributed by atoms with Crippen LogP contribution in [0.1, 0.15) is 32.1 Å². The molecule has 0 spiro atoms. The molecule has 2 fully saturated rings. The molecule has 11 heavy (non-hydrogen) atoms. The van der Waals surface area contributed by atoms with E-state index >= 15 is 0 Å². The van der Waals surface area contributed by atoms with Gasteiger partial charge in [0.25, 0.3) is 0 Å². The summed E-state index contributed by atoms with van der Waals surface area (Å²) in [5.74, 6) is 3.80. The lowest BCUT2D eigenvalue weighted by atomic mass is 9.93. The van der Waals surface area contributed by atoms with Crippen molar-refractivity contribution >= 4 is 11.8 Å². The molecule has 0 atom stereocenters. The topological polar surface area (TPSA) is 0 Å². The smallest absolute Gasteiger partial charge is 0.0116 e. The molecule has 0 aromatic rings. The molecule has 0 heterocycles. The van der Waals surface area contributed by atoms with Crippen molar-refractivity contribution in [3.8, 4) is 0 Å². The Bertz CT molecular complexity index is 150. The second-order valence-electron chi connectivity index (χ2n) is 3.70. The third-order valence-corrected chi connectivity index (χ3v) is 3.65. The van der Waals surface area contributed by atoms with E-state index in [2.05, 4.69) is 17.8 Å². The highest BCUT2D eigenvalue weighted by Crippen LogP contribution is 2.33. The fraction of sp³-hybridized carbons (Fsp3) is 0.800. The molecule has 0 saturated heterocycles. The molecule has 0 aromatic carbocycles. The van der Waals surface area contributed by atoms with E-state index in [0.29, 0.717) is 0 Å². The van der Waals surface area contributed by atoms with Gasteiger partial charge >= 0.3 is 0 Å². The van der Waals surface area contributed by atoms with Crippen LogP contribution in [0.5, 0.6) is 0 Å². The summed E-state index contributed by atoms with van der Waals surface area (Å²) in [5, 5.41) is 0. The van der Waals surface area contributed by atoms with Gasteiger partial charge in [-0.3, -0.25) is 0 Å². The number of rotatable bonds is 4. The van der Waals surface area contributed by atoms with E-state index in [1.165, 1.54) is 43.6 Å². The van der Waals surface area contributed by atoms with Gasteiger partial charge in [-0.2, -0.15) is 11.8 Å². The van der Waals surface area contributed by atoms with Gasteiger partial charge in [0.1, 0.15) is 0 Å². The summed E-state index contributed by atoms with van der Waals surface area (Å²) in [6.07, 6.45) is 9.69. The fourth-order valence-corrected chi connectivity index (χ4v) is 2.44.